The third kappa shape index (κ3) is 2.90. The van der Waals surface area contributed by atoms with Crippen LogP contribution in [0, 0.1) is 6.92 Å². The van der Waals surface area contributed by atoms with Crippen LogP contribution < -0.4 is 19.9 Å². The van der Waals surface area contributed by atoms with Gasteiger partial charge in [0.2, 0.25) is 0 Å². The zero-order chi connectivity index (χ0) is 19.9. The van der Waals surface area contributed by atoms with E-state index in [9.17, 15) is 9.90 Å². The van der Waals surface area contributed by atoms with Gasteiger partial charge in [-0.2, -0.15) is 0 Å². The monoisotopic (exact) mass is 371 g/mol. The van der Waals surface area contributed by atoms with Crippen molar-refractivity contribution in [2.75, 3.05) is 14.2 Å². The lowest BCUT2D eigenvalue weighted by molar-refractivity contribution is -0.136. The summed E-state index contributed by atoms with van der Waals surface area (Å²) in [5.41, 5.74) is 9.80. The third-order valence-electron chi connectivity index (χ3n) is 5.23. The zero-order valence-corrected chi connectivity index (χ0v) is 16.3. The molecule has 2 aromatic rings. The van der Waals surface area contributed by atoms with Crippen LogP contribution in [0.3, 0.4) is 0 Å². The van der Waals surface area contributed by atoms with Crippen LogP contribution in [-0.4, -0.2) is 25.3 Å². The number of hydrogen-bond acceptors (Lipinski definition) is 5. The van der Waals surface area contributed by atoms with Crippen LogP contribution in [0.2, 0.25) is 0 Å². The first-order valence-electron chi connectivity index (χ1n) is 8.77. The van der Waals surface area contributed by atoms with Gasteiger partial charge in [-0.3, -0.25) is 4.79 Å². The Balaban J connectivity index is 2.36. The van der Waals surface area contributed by atoms with Crippen molar-refractivity contribution >= 4 is 5.97 Å². The van der Waals surface area contributed by atoms with E-state index in [1.54, 1.807) is 7.11 Å². The largest absolute Gasteiger partial charge is 0.496 e. The molecular weight excluding hydrogens is 346 g/mol. The second kappa shape index (κ2) is 6.78. The molecule has 1 aliphatic heterocycles. The number of aryl methyl sites for hydroxylation is 1. The van der Waals surface area contributed by atoms with Crippen LogP contribution in [0.15, 0.2) is 18.2 Å². The molecule has 0 saturated carbocycles. The van der Waals surface area contributed by atoms with E-state index in [0.29, 0.717) is 28.6 Å². The highest BCUT2D eigenvalue weighted by Gasteiger charge is 2.39. The molecule has 0 fully saturated rings. The molecule has 0 unspecified atom stereocenters. The number of nitrogens with two attached hydrogens (primary N) is 1. The van der Waals surface area contributed by atoms with Crippen molar-refractivity contribution in [1.82, 2.24) is 0 Å². The predicted octanol–water partition coefficient (Wildman–Crippen LogP) is 3.53. The van der Waals surface area contributed by atoms with Crippen LogP contribution in [0.1, 0.15) is 41.7 Å². The van der Waals surface area contributed by atoms with Crippen molar-refractivity contribution in [3.8, 4) is 23.0 Å². The summed E-state index contributed by atoms with van der Waals surface area (Å²) in [5, 5.41) is 9.41. The number of carboxylic acids is 1. The van der Waals surface area contributed by atoms with E-state index in [1.165, 1.54) is 7.11 Å². The number of benzene rings is 2. The molecule has 0 bridgehead atoms. The van der Waals surface area contributed by atoms with Gasteiger partial charge >= 0.3 is 5.97 Å². The lowest BCUT2D eigenvalue weighted by Crippen LogP contribution is -2.28. The Labute approximate surface area is 158 Å². The molecule has 1 aliphatic rings. The maximum atomic E-state index is 11.5. The lowest BCUT2D eigenvalue weighted by Gasteiger charge is -2.38. The molecule has 0 aromatic heterocycles. The van der Waals surface area contributed by atoms with Crippen LogP contribution >= 0.6 is 0 Å². The van der Waals surface area contributed by atoms with Gasteiger partial charge in [0.1, 0.15) is 23.0 Å². The van der Waals surface area contributed by atoms with E-state index < -0.39 is 11.4 Å². The van der Waals surface area contributed by atoms with Gasteiger partial charge in [0, 0.05) is 28.7 Å². The molecule has 3 N–H and O–H groups in total. The number of carboxylic acid groups (broad SMARTS) is 1. The highest BCUT2D eigenvalue weighted by atomic mass is 16.5. The Hall–Kier alpha value is -2.73. The first-order valence-corrected chi connectivity index (χ1v) is 8.77. The smallest absolute Gasteiger partial charge is 0.308 e. The fraction of sp³-hybridized carbons (Fsp3) is 0.381. The summed E-state index contributed by atoms with van der Waals surface area (Å²) >= 11 is 0. The topological polar surface area (TPSA) is 91.0 Å². The molecule has 3 rings (SSSR count). The van der Waals surface area contributed by atoms with Crippen molar-refractivity contribution in [1.29, 1.82) is 0 Å². The summed E-state index contributed by atoms with van der Waals surface area (Å²) in [5.74, 6) is 1.37. The van der Waals surface area contributed by atoms with Crippen LogP contribution in [0.4, 0.5) is 0 Å². The molecule has 0 spiro atoms. The lowest BCUT2D eigenvalue weighted by atomic mass is 9.72. The first-order chi connectivity index (χ1) is 12.8. The zero-order valence-electron chi connectivity index (χ0n) is 16.3. The Kier molecular flexibility index (Phi) is 4.78. The Morgan fingerprint density at radius 2 is 1.81 bits per heavy atom. The second-order valence-corrected chi connectivity index (χ2v) is 7.20. The van der Waals surface area contributed by atoms with Gasteiger partial charge in [-0.25, -0.2) is 0 Å². The number of fused-ring (bicyclic) bond motifs is 2. The van der Waals surface area contributed by atoms with Crippen LogP contribution in [-0.2, 0) is 23.2 Å². The SMILES string of the molecule is COc1ccc2c(c1CN)Oc1c(CC(=O)O)c(OC)cc(C)c1C2(C)C. The summed E-state index contributed by atoms with van der Waals surface area (Å²) in [6.07, 6.45) is -0.195. The minimum absolute atomic E-state index is 0.195. The average molecular weight is 371 g/mol. The minimum Gasteiger partial charge on any atom is -0.496 e. The van der Waals surface area contributed by atoms with E-state index >= 15 is 0 Å². The summed E-state index contributed by atoms with van der Waals surface area (Å²) in [6, 6.07) is 5.76. The maximum absolute atomic E-state index is 11.5. The molecule has 6 heteroatoms. The average Bonchev–Trinajstić information content (AvgIpc) is 2.61. The van der Waals surface area contributed by atoms with E-state index in [0.717, 1.165) is 22.3 Å². The highest BCUT2D eigenvalue weighted by Crippen LogP contribution is 2.54. The normalized spacial score (nSPS) is 14.0. The molecule has 0 amide bonds. The number of ether oxygens (including phenoxy) is 3. The van der Waals surface area contributed by atoms with Crippen LogP contribution in [0.25, 0.3) is 0 Å². The molecule has 2 aromatic carbocycles. The molecule has 0 radical (unpaired) electrons. The predicted molar refractivity (Wildman–Crippen MR) is 102 cm³/mol. The van der Waals surface area contributed by atoms with Crippen molar-refractivity contribution < 1.29 is 24.1 Å². The van der Waals surface area contributed by atoms with Gasteiger partial charge < -0.3 is 25.1 Å². The summed E-state index contributed by atoms with van der Waals surface area (Å²) in [7, 11) is 3.12. The second-order valence-electron chi connectivity index (χ2n) is 7.20. The summed E-state index contributed by atoms with van der Waals surface area (Å²) in [4.78, 5) is 11.5. The first kappa shape index (κ1) is 19.0. The molecule has 0 atom stereocenters. The van der Waals surface area contributed by atoms with E-state index in [1.807, 2.05) is 25.1 Å². The number of rotatable bonds is 5. The maximum Gasteiger partial charge on any atom is 0.308 e. The summed E-state index contributed by atoms with van der Waals surface area (Å²) in [6.45, 7) is 6.43. The van der Waals surface area contributed by atoms with Crippen molar-refractivity contribution in [2.45, 2.75) is 39.2 Å². The molecule has 1 heterocycles. The third-order valence-corrected chi connectivity index (χ3v) is 5.23. The van der Waals surface area contributed by atoms with Gasteiger partial charge in [-0.1, -0.05) is 19.9 Å². The molecule has 0 saturated heterocycles. The Morgan fingerprint density at radius 3 is 2.37 bits per heavy atom. The van der Waals surface area contributed by atoms with Crippen LogP contribution in [0.5, 0.6) is 23.0 Å². The highest BCUT2D eigenvalue weighted by molar-refractivity contribution is 5.76. The van der Waals surface area contributed by atoms with Gasteiger partial charge in [0.25, 0.3) is 0 Å². The van der Waals surface area contributed by atoms with E-state index in [2.05, 4.69) is 13.8 Å². The van der Waals surface area contributed by atoms with Crippen molar-refractivity contribution in [3.05, 3.63) is 46.0 Å². The number of aliphatic carboxylic acids is 1. The van der Waals surface area contributed by atoms with E-state index in [-0.39, 0.29) is 13.0 Å². The van der Waals surface area contributed by atoms with Gasteiger partial charge in [-0.15, -0.1) is 0 Å². The number of carbonyl (C=O) groups is 1. The fourth-order valence-electron chi connectivity index (χ4n) is 4.03. The van der Waals surface area contributed by atoms with Crippen molar-refractivity contribution in [3.63, 3.8) is 0 Å². The quantitative estimate of drug-likeness (QED) is 0.835. The summed E-state index contributed by atoms with van der Waals surface area (Å²) < 4.78 is 17.2. The Morgan fingerprint density at radius 1 is 1.15 bits per heavy atom. The van der Waals surface area contributed by atoms with Crippen molar-refractivity contribution in [2.24, 2.45) is 5.73 Å². The van der Waals surface area contributed by atoms with Gasteiger partial charge in [0.05, 0.1) is 26.2 Å². The number of methoxy groups -OCH3 is 2. The molecule has 0 aliphatic carbocycles. The molecule has 27 heavy (non-hydrogen) atoms. The number of hydrogen-bond donors (Lipinski definition) is 2. The Bertz CT molecular complexity index is 918. The van der Waals surface area contributed by atoms with Gasteiger partial charge in [-0.05, 0) is 24.6 Å². The minimum atomic E-state index is -0.948. The van der Waals surface area contributed by atoms with Gasteiger partial charge in [0.15, 0.2) is 0 Å². The standard InChI is InChI=1S/C21H25NO5/c1-11-8-16(26-5)12(9-17(23)24)20-18(11)21(2,3)14-6-7-15(25-4)13(10-22)19(14)27-20/h6-8H,9-10,22H2,1-5H3,(H,23,24). The molecular formula is C21H25NO5. The fourth-order valence-corrected chi connectivity index (χ4v) is 4.03. The molecule has 6 nitrogen and oxygen atoms in total. The van der Waals surface area contributed by atoms with E-state index in [4.69, 9.17) is 19.9 Å². The molecule has 144 valence electrons.